The van der Waals surface area contributed by atoms with Gasteiger partial charge in [0.1, 0.15) is 5.01 Å². The van der Waals surface area contributed by atoms with Crippen molar-refractivity contribution >= 4 is 34.5 Å². The molecule has 0 aliphatic heterocycles. The molecule has 7 heteroatoms. The lowest BCUT2D eigenvalue weighted by Gasteiger charge is -2.08. The van der Waals surface area contributed by atoms with Gasteiger partial charge in [-0.25, -0.2) is 4.98 Å². The number of carbonyl (C=O) groups is 2. The third-order valence-electron chi connectivity index (χ3n) is 4.16. The molecule has 2 heterocycles. The molecular formula is C20H18N4O2S. The molecular weight excluding hydrogens is 360 g/mol. The van der Waals surface area contributed by atoms with Crippen LogP contribution in [0.3, 0.4) is 0 Å². The number of nitrogens with one attached hydrogen (secondary N) is 2. The van der Waals surface area contributed by atoms with Gasteiger partial charge < -0.3 is 10.6 Å². The molecule has 1 fully saturated rings. The smallest absolute Gasteiger partial charge is 0.230 e. The average molecular weight is 378 g/mol. The van der Waals surface area contributed by atoms with Gasteiger partial charge >= 0.3 is 0 Å². The van der Waals surface area contributed by atoms with Crippen molar-refractivity contribution in [2.75, 3.05) is 10.6 Å². The van der Waals surface area contributed by atoms with Crippen LogP contribution in [0.2, 0.25) is 0 Å². The van der Waals surface area contributed by atoms with Crippen LogP contribution in [-0.4, -0.2) is 21.8 Å². The summed E-state index contributed by atoms with van der Waals surface area (Å²) >= 11 is 1.49. The summed E-state index contributed by atoms with van der Waals surface area (Å²) in [4.78, 5) is 32.8. The zero-order valence-corrected chi connectivity index (χ0v) is 15.3. The molecule has 1 aliphatic rings. The van der Waals surface area contributed by atoms with E-state index in [0.29, 0.717) is 11.4 Å². The average Bonchev–Trinajstić information content (AvgIpc) is 3.42. The Hall–Kier alpha value is -3.06. The fraction of sp³-hybridized carbons (Fsp3) is 0.200. The second kappa shape index (κ2) is 7.67. The highest BCUT2D eigenvalue weighted by Gasteiger charge is 2.29. The number of hydrogen-bond acceptors (Lipinski definition) is 5. The van der Waals surface area contributed by atoms with E-state index in [-0.39, 0.29) is 24.2 Å². The first-order valence-corrected chi connectivity index (χ1v) is 9.61. The Labute approximate surface area is 160 Å². The van der Waals surface area contributed by atoms with Crippen LogP contribution in [0.1, 0.15) is 18.5 Å². The molecule has 2 N–H and O–H groups in total. The summed E-state index contributed by atoms with van der Waals surface area (Å²) in [7, 11) is 0. The third-order valence-corrected chi connectivity index (χ3v) is 5.10. The molecule has 0 saturated heterocycles. The number of hydrogen-bond donors (Lipinski definition) is 2. The Balaban J connectivity index is 1.37. The van der Waals surface area contributed by atoms with Crippen LogP contribution in [0.25, 0.3) is 10.6 Å². The summed E-state index contributed by atoms with van der Waals surface area (Å²) in [6.45, 7) is 0. The van der Waals surface area contributed by atoms with Gasteiger partial charge in [-0.2, -0.15) is 0 Å². The van der Waals surface area contributed by atoms with E-state index in [0.717, 1.165) is 29.1 Å². The quantitative estimate of drug-likeness (QED) is 0.684. The summed E-state index contributed by atoms with van der Waals surface area (Å²) in [5.41, 5.74) is 3.00. The van der Waals surface area contributed by atoms with Crippen LogP contribution in [0.4, 0.5) is 11.4 Å². The lowest BCUT2D eigenvalue weighted by molar-refractivity contribution is -0.117. The number of benzene rings is 1. The summed E-state index contributed by atoms with van der Waals surface area (Å²) in [5.74, 6) is 0.0366. The predicted molar refractivity (Wildman–Crippen MR) is 105 cm³/mol. The molecule has 2 aromatic heterocycles. The standard InChI is InChI=1S/C20H18N4O2S/c25-18(10-17-12-27-20(24-17)14-3-2-8-21-11-14)22-15-4-1-5-16(9-15)23-19(26)13-6-7-13/h1-5,8-9,11-13H,6-7,10H2,(H,22,25)(H,23,26). The molecule has 0 atom stereocenters. The molecule has 1 aliphatic carbocycles. The fourth-order valence-electron chi connectivity index (χ4n) is 2.64. The van der Waals surface area contributed by atoms with Gasteiger partial charge in [0.15, 0.2) is 0 Å². The van der Waals surface area contributed by atoms with Crippen LogP contribution in [-0.2, 0) is 16.0 Å². The van der Waals surface area contributed by atoms with Gasteiger partial charge in [0, 0.05) is 40.6 Å². The Kier molecular flexibility index (Phi) is 4.93. The van der Waals surface area contributed by atoms with E-state index in [9.17, 15) is 9.59 Å². The number of thiazole rings is 1. The van der Waals surface area contributed by atoms with Crippen LogP contribution in [0, 0.1) is 5.92 Å². The maximum absolute atomic E-state index is 12.3. The molecule has 3 aromatic rings. The highest BCUT2D eigenvalue weighted by Crippen LogP contribution is 2.30. The summed E-state index contributed by atoms with van der Waals surface area (Å²) in [5, 5.41) is 8.47. The molecule has 0 unspecified atom stereocenters. The summed E-state index contributed by atoms with van der Waals surface area (Å²) in [6.07, 6.45) is 5.57. The minimum absolute atomic E-state index is 0.0453. The predicted octanol–water partition coefficient (Wildman–Crippen LogP) is 3.73. The van der Waals surface area contributed by atoms with Crippen LogP contribution in [0.5, 0.6) is 0 Å². The number of carbonyl (C=O) groups excluding carboxylic acids is 2. The lowest BCUT2D eigenvalue weighted by Crippen LogP contribution is -2.16. The highest BCUT2D eigenvalue weighted by molar-refractivity contribution is 7.13. The van der Waals surface area contributed by atoms with Crippen LogP contribution < -0.4 is 10.6 Å². The molecule has 4 rings (SSSR count). The molecule has 6 nitrogen and oxygen atoms in total. The van der Waals surface area contributed by atoms with E-state index in [1.54, 1.807) is 24.5 Å². The minimum atomic E-state index is -0.149. The van der Waals surface area contributed by atoms with E-state index in [1.165, 1.54) is 11.3 Å². The van der Waals surface area contributed by atoms with Crippen LogP contribution in [0.15, 0.2) is 54.2 Å². The van der Waals surface area contributed by atoms with Crippen molar-refractivity contribution < 1.29 is 9.59 Å². The first-order chi connectivity index (χ1) is 13.2. The van der Waals surface area contributed by atoms with Gasteiger partial charge in [-0.1, -0.05) is 6.07 Å². The number of aromatic nitrogens is 2. The Morgan fingerprint density at radius 2 is 1.93 bits per heavy atom. The Morgan fingerprint density at radius 3 is 2.67 bits per heavy atom. The molecule has 0 spiro atoms. The summed E-state index contributed by atoms with van der Waals surface area (Å²) in [6, 6.07) is 11.0. The van der Waals surface area contributed by atoms with E-state index >= 15 is 0 Å². The van der Waals surface area contributed by atoms with Crippen LogP contribution >= 0.6 is 11.3 Å². The van der Waals surface area contributed by atoms with E-state index in [1.807, 2.05) is 29.6 Å². The van der Waals surface area contributed by atoms with Gasteiger partial charge in [-0.3, -0.25) is 14.6 Å². The summed E-state index contributed by atoms with van der Waals surface area (Å²) < 4.78 is 0. The first-order valence-electron chi connectivity index (χ1n) is 8.73. The molecule has 27 heavy (non-hydrogen) atoms. The number of rotatable bonds is 6. The maximum Gasteiger partial charge on any atom is 0.230 e. The molecule has 1 aromatic carbocycles. The van der Waals surface area contributed by atoms with Gasteiger partial charge in [0.05, 0.1) is 12.1 Å². The lowest BCUT2D eigenvalue weighted by atomic mass is 10.2. The van der Waals surface area contributed by atoms with Gasteiger partial charge in [-0.15, -0.1) is 11.3 Å². The molecule has 136 valence electrons. The second-order valence-electron chi connectivity index (χ2n) is 6.45. The second-order valence-corrected chi connectivity index (χ2v) is 7.31. The molecule has 0 radical (unpaired) electrons. The first kappa shape index (κ1) is 17.4. The zero-order chi connectivity index (χ0) is 18.6. The zero-order valence-electron chi connectivity index (χ0n) is 14.5. The largest absolute Gasteiger partial charge is 0.326 e. The fourth-order valence-corrected chi connectivity index (χ4v) is 3.45. The SMILES string of the molecule is O=C(Cc1csc(-c2cccnc2)n1)Nc1cccc(NC(=O)C2CC2)c1. The van der Waals surface area contributed by atoms with Gasteiger partial charge in [-0.05, 0) is 43.2 Å². The number of nitrogens with zero attached hydrogens (tertiary/aromatic N) is 2. The van der Waals surface area contributed by atoms with Gasteiger partial charge in [0.2, 0.25) is 11.8 Å². The van der Waals surface area contributed by atoms with Crippen molar-refractivity contribution in [3.8, 4) is 10.6 Å². The van der Waals surface area contributed by atoms with Gasteiger partial charge in [0.25, 0.3) is 0 Å². The normalized spacial score (nSPS) is 13.2. The van der Waals surface area contributed by atoms with Crippen molar-refractivity contribution in [1.29, 1.82) is 0 Å². The number of anilines is 2. The topological polar surface area (TPSA) is 84.0 Å². The Bertz CT molecular complexity index is 967. The van der Waals surface area contributed by atoms with Crippen molar-refractivity contribution in [1.82, 2.24) is 9.97 Å². The molecule has 1 saturated carbocycles. The number of amides is 2. The maximum atomic E-state index is 12.3. The monoisotopic (exact) mass is 378 g/mol. The minimum Gasteiger partial charge on any atom is -0.326 e. The van der Waals surface area contributed by atoms with E-state index in [2.05, 4.69) is 20.6 Å². The van der Waals surface area contributed by atoms with E-state index in [4.69, 9.17) is 0 Å². The third kappa shape index (κ3) is 4.57. The van der Waals surface area contributed by atoms with Crippen molar-refractivity contribution in [2.45, 2.75) is 19.3 Å². The molecule has 0 bridgehead atoms. The Morgan fingerprint density at radius 1 is 1.11 bits per heavy atom. The highest BCUT2D eigenvalue weighted by atomic mass is 32.1. The van der Waals surface area contributed by atoms with Crippen molar-refractivity contribution in [3.63, 3.8) is 0 Å². The van der Waals surface area contributed by atoms with Crippen molar-refractivity contribution in [3.05, 3.63) is 59.9 Å². The van der Waals surface area contributed by atoms with Crippen molar-refractivity contribution in [2.24, 2.45) is 5.92 Å². The van der Waals surface area contributed by atoms with E-state index < -0.39 is 0 Å². The molecule has 2 amide bonds. The number of pyridine rings is 1.